The van der Waals surface area contributed by atoms with Crippen molar-refractivity contribution in [1.29, 1.82) is 0 Å². The van der Waals surface area contributed by atoms with Crippen LogP contribution in [0.1, 0.15) is 65.2 Å². The largest absolute Gasteiger partial charge is 0.0654 e. The Morgan fingerprint density at radius 1 is 0.818 bits per heavy atom. The Labute approximate surface area is 72.4 Å². The van der Waals surface area contributed by atoms with Crippen LogP contribution in [0.2, 0.25) is 0 Å². The van der Waals surface area contributed by atoms with Gasteiger partial charge in [-0.05, 0) is 6.42 Å². The van der Waals surface area contributed by atoms with E-state index >= 15 is 0 Å². The first-order valence-electron chi connectivity index (χ1n) is 5.23. The van der Waals surface area contributed by atoms with Gasteiger partial charge in [0.25, 0.3) is 0 Å². The van der Waals surface area contributed by atoms with Gasteiger partial charge in [0.1, 0.15) is 0 Å². The van der Waals surface area contributed by atoms with E-state index in [1.165, 1.54) is 51.4 Å². The van der Waals surface area contributed by atoms with Crippen molar-refractivity contribution in [3.05, 3.63) is 6.42 Å². The molecule has 1 radical (unpaired) electrons. The Morgan fingerprint density at radius 2 is 1.45 bits per heavy atom. The van der Waals surface area contributed by atoms with Gasteiger partial charge in [-0.25, -0.2) is 0 Å². The molecule has 0 unspecified atom stereocenters. The van der Waals surface area contributed by atoms with Crippen LogP contribution in [-0.2, 0) is 0 Å². The summed E-state index contributed by atoms with van der Waals surface area (Å²) in [6.45, 7) is 4.49. The van der Waals surface area contributed by atoms with E-state index in [9.17, 15) is 0 Å². The lowest BCUT2D eigenvalue weighted by Gasteiger charge is -1.98. The van der Waals surface area contributed by atoms with E-state index in [1.54, 1.807) is 0 Å². The van der Waals surface area contributed by atoms with Gasteiger partial charge in [0.2, 0.25) is 0 Å². The summed E-state index contributed by atoms with van der Waals surface area (Å²) in [6.07, 6.45) is 13.5. The topological polar surface area (TPSA) is 0 Å². The van der Waals surface area contributed by atoms with Crippen LogP contribution in [0, 0.1) is 6.42 Å². The molecule has 0 atom stereocenters. The summed E-state index contributed by atoms with van der Waals surface area (Å²) < 4.78 is 0. The molecular formula is C11H23. The number of hydrogen-bond donors (Lipinski definition) is 0. The van der Waals surface area contributed by atoms with Crippen molar-refractivity contribution in [2.75, 3.05) is 0 Å². The van der Waals surface area contributed by atoms with Gasteiger partial charge in [0, 0.05) is 0 Å². The zero-order chi connectivity index (χ0) is 8.36. The monoisotopic (exact) mass is 155 g/mol. The summed E-state index contributed by atoms with van der Waals surface area (Å²) in [4.78, 5) is 0. The maximum atomic E-state index is 2.39. The van der Waals surface area contributed by atoms with Gasteiger partial charge >= 0.3 is 0 Å². The van der Waals surface area contributed by atoms with Gasteiger partial charge in [-0.3, -0.25) is 0 Å². The van der Waals surface area contributed by atoms with Gasteiger partial charge in [-0.15, -0.1) is 0 Å². The second-order valence-electron chi connectivity index (χ2n) is 3.25. The second-order valence-corrected chi connectivity index (χ2v) is 3.25. The zero-order valence-corrected chi connectivity index (χ0v) is 8.23. The SMILES string of the molecule is CC[CH]CCCCCCCC. The van der Waals surface area contributed by atoms with Crippen LogP contribution in [-0.4, -0.2) is 0 Å². The van der Waals surface area contributed by atoms with E-state index < -0.39 is 0 Å². The van der Waals surface area contributed by atoms with Crippen LogP contribution in [0.15, 0.2) is 0 Å². The molecule has 0 rings (SSSR count). The molecule has 11 heavy (non-hydrogen) atoms. The molecular weight excluding hydrogens is 132 g/mol. The molecule has 0 aromatic carbocycles. The molecule has 0 bridgehead atoms. The van der Waals surface area contributed by atoms with Gasteiger partial charge < -0.3 is 0 Å². The number of hydrogen-bond acceptors (Lipinski definition) is 0. The van der Waals surface area contributed by atoms with E-state index in [1.807, 2.05) is 0 Å². The molecule has 0 heterocycles. The summed E-state index contributed by atoms with van der Waals surface area (Å²) in [5.41, 5.74) is 0. The predicted octanol–water partition coefficient (Wildman–Crippen LogP) is 4.35. The minimum Gasteiger partial charge on any atom is -0.0654 e. The summed E-state index contributed by atoms with van der Waals surface area (Å²) in [5, 5.41) is 0. The molecule has 0 nitrogen and oxygen atoms in total. The molecule has 0 aliphatic heterocycles. The van der Waals surface area contributed by atoms with Crippen molar-refractivity contribution in [3.63, 3.8) is 0 Å². The van der Waals surface area contributed by atoms with Crippen molar-refractivity contribution < 1.29 is 0 Å². The molecule has 0 aromatic heterocycles. The van der Waals surface area contributed by atoms with Gasteiger partial charge in [0.05, 0.1) is 0 Å². The lowest BCUT2D eigenvalue weighted by Crippen LogP contribution is -1.79. The van der Waals surface area contributed by atoms with Crippen molar-refractivity contribution in [2.24, 2.45) is 0 Å². The van der Waals surface area contributed by atoms with Gasteiger partial charge in [-0.2, -0.15) is 0 Å². The van der Waals surface area contributed by atoms with E-state index in [4.69, 9.17) is 0 Å². The highest BCUT2D eigenvalue weighted by molar-refractivity contribution is 4.60. The Hall–Kier alpha value is 0. The molecule has 0 saturated carbocycles. The predicted molar refractivity (Wildman–Crippen MR) is 52.6 cm³/mol. The zero-order valence-electron chi connectivity index (χ0n) is 8.23. The van der Waals surface area contributed by atoms with Crippen LogP contribution in [0.25, 0.3) is 0 Å². The van der Waals surface area contributed by atoms with Crippen LogP contribution >= 0.6 is 0 Å². The van der Waals surface area contributed by atoms with Crippen molar-refractivity contribution >= 4 is 0 Å². The van der Waals surface area contributed by atoms with Gasteiger partial charge in [0.15, 0.2) is 0 Å². The quantitative estimate of drug-likeness (QED) is 0.457. The van der Waals surface area contributed by atoms with E-state index in [0.29, 0.717) is 0 Å². The van der Waals surface area contributed by atoms with Crippen molar-refractivity contribution in [2.45, 2.75) is 65.2 Å². The first-order valence-corrected chi connectivity index (χ1v) is 5.23. The average Bonchev–Trinajstić information content (AvgIpc) is 2.03. The molecule has 0 saturated heterocycles. The Kier molecular flexibility index (Phi) is 10.0. The fraction of sp³-hybridized carbons (Fsp3) is 0.909. The lowest BCUT2D eigenvalue weighted by molar-refractivity contribution is 0.602. The molecule has 0 spiro atoms. The second kappa shape index (κ2) is 10.0. The molecule has 0 aliphatic rings. The van der Waals surface area contributed by atoms with E-state index in [0.717, 1.165) is 0 Å². The third-order valence-corrected chi connectivity index (χ3v) is 2.05. The van der Waals surface area contributed by atoms with Crippen LogP contribution < -0.4 is 0 Å². The molecule has 0 fully saturated rings. The summed E-state index contributed by atoms with van der Waals surface area (Å²) in [6, 6.07) is 0. The Balaban J connectivity index is 2.69. The van der Waals surface area contributed by atoms with E-state index in [-0.39, 0.29) is 0 Å². The van der Waals surface area contributed by atoms with E-state index in [2.05, 4.69) is 20.3 Å². The Morgan fingerprint density at radius 3 is 2.09 bits per heavy atom. The summed E-state index contributed by atoms with van der Waals surface area (Å²) in [5.74, 6) is 0. The van der Waals surface area contributed by atoms with Crippen LogP contribution in [0.3, 0.4) is 0 Å². The van der Waals surface area contributed by atoms with Gasteiger partial charge in [-0.1, -0.05) is 65.2 Å². The highest BCUT2D eigenvalue weighted by atomic mass is 13.9. The minimum atomic E-state index is 1.25. The van der Waals surface area contributed by atoms with Crippen LogP contribution in [0.4, 0.5) is 0 Å². The van der Waals surface area contributed by atoms with Crippen molar-refractivity contribution in [1.82, 2.24) is 0 Å². The number of rotatable bonds is 8. The Bertz CT molecular complexity index is 49.1. The molecule has 0 aliphatic carbocycles. The maximum absolute atomic E-state index is 2.39. The molecule has 67 valence electrons. The first kappa shape index (κ1) is 11.0. The summed E-state index contributed by atoms with van der Waals surface area (Å²) >= 11 is 0. The molecule has 0 amide bonds. The fourth-order valence-corrected chi connectivity index (χ4v) is 1.27. The first-order chi connectivity index (χ1) is 5.41. The fourth-order valence-electron chi connectivity index (χ4n) is 1.27. The highest BCUT2D eigenvalue weighted by Crippen LogP contribution is 2.08. The summed E-state index contributed by atoms with van der Waals surface area (Å²) in [7, 11) is 0. The third kappa shape index (κ3) is 10.0. The molecule has 0 heteroatoms. The molecule has 0 aromatic rings. The normalized spacial score (nSPS) is 10.4. The maximum Gasteiger partial charge on any atom is -0.0389 e. The standard InChI is InChI=1S/C11H23/c1-3-5-7-9-11-10-8-6-4-2/h5H,3-4,6-11H2,1-2H3. The van der Waals surface area contributed by atoms with Crippen LogP contribution in [0.5, 0.6) is 0 Å². The minimum absolute atomic E-state index is 1.25. The highest BCUT2D eigenvalue weighted by Gasteiger charge is 1.89. The smallest absolute Gasteiger partial charge is 0.0389 e. The third-order valence-electron chi connectivity index (χ3n) is 2.05. The lowest BCUT2D eigenvalue weighted by atomic mass is 10.1. The average molecular weight is 155 g/mol. The van der Waals surface area contributed by atoms with Crippen molar-refractivity contribution in [3.8, 4) is 0 Å². The number of unbranched alkanes of at least 4 members (excludes halogenated alkanes) is 8. The molecule has 0 N–H and O–H groups in total.